The van der Waals surface area contributed by atoms with Crippen LogP contribution in [0.4, 0.5) is 5.69 Å². The van der Waals surface area contributed by atoms with Crippen LogP contribution in [-0.4, -0.2) is 63.7 Å². The van der Waals surface area contributed by atoms with Gasteiger partial charge in [0.05, 0.1) is 6.61 Å². The van der Waals surface area contributed by atoms with Crippen molar-refractivity contribution in [2.75, 3.05) is 33.7 Å². The molecule has 0 amide bonds. The monoisotopic (exact) mass is 313 g/mol. The highest BCUT2D eigenvalue weighted by molar-refractivity contribution is 5.41. The van der Waals surface area contributed by atoms with Gasteiger partial charge in [0.15, 0.2) is 12.4 Å². The molecule has 0 unspecified atom stereocenters. The molecule has 0 aliphatic carbocycles. The van der Waals surface area contributed by atoms with Gasteiger partial charge in [0.25, 0.3) is 0 Å². The summed E-state index contributed by atoms with van der Waals surface area (Å²) >= 11 is 0. The lowest BCUT2D eigenvalue weighted by Crippen LogP contribution is -2.61. The molecule has 1 aromatic carbocycles. The Labute approximate surface area is 129 Å². The second-order valence-electron chi connectivity index (χ2n) is 5.07. The Morgan fingerprint density at radius 1 is 1.05 bits per heavy atom. The van der Waals surface area contributed by atoms with Crippen LogP contribution in [0, 0.1) is 0 Å². The van der Waals surface area contributed by atoms with E-state index in [0.29, 0.717) is 11.4 Å². The molecular formula is C15H23NO6. The van der Waals surface area contributed by atoms with Crippen LogP contribution in [-0.2, 0) is 18.9 Å². The summed E-state index contributed by atoms with van der Waals surface area (Å²) in [4.78, 5) is 0. The lowest BCUT2D eigenvalue weighted by molar-refractivity contribution is -0.290. The third-order valence-electron chi connectivity index (χ3n) is 3.64. The molecule has 3 N–H and O–H groups in total. The standard InChI is InChI=1S/C15H23NO6/c1-18-8-11-12(19-2)13(20-3)14(15(17)22-11)21-10-6-4-9(16)5-7-10/h4-7,11-15,17H,8,16H2,1-3H3/t11-,12+,13+,14-,15-/m1/s1. The summed E-state index contributed by atoms with van der Waals surface area (Å²) in [5, 5.41) is 10.2. The zero-order valence-electron chi connectivity index (χ0n) is 13.0. The molecule has 1 fully saturated rings. The predicted octanol–water partition coefficient (Wildman–Crippen LogP) is 0.410. The third kappa shape index (κ3) is 3.68. The first kappa shape index (κ1) is 17.0. The average Bonchev–Trinajstić information content (AvgIpc) is 2.51. The zero-order chi connectivity index (χ0) is 16.1. The SMILES string of the molecule is COC[C@H]1O[C@@H](O)[C@H](Oc2ccc(N)cc2)[C@@H](OC)[C@H]1OC. The van der Waals surface area contributed by atoms with Gasteiger partial charge in [0.2, 0.25) is 0 Å². The number of hydrogen-bond acceptors (Lipinski definition) is 7. The Hall–Kier alpha value is -1.38. The van der Waals surface area contributed by atoms with E-state index in [0.717, 1.165) is 0 Å². The molecule has 0 radical (unpaired) electrons. The highest BCUT2D eigenvalue weighted by Crippen LogP contribution is 2.28. The van der Waals surface area contributed by atoms with Crippen molar-refractivity contribution < 1.29 is 28.8 Å². The molecule has 22 heavy (non-hydrogen) atoms. The fourth-order valence-corrected chi connectivity index (χ4v) is 2.58. The highest BCUT2D eigenvalue weighted by Gasteiger charge is 2.47. The van der Waals surface area contributed by atoms with Crippen molar-refractivity contribution in [2.45, 2.75) is 30.7 Å². The lowest BCUT2D eigenvalue weighted by atomic mass is 9.98. The average molecular weight is 313 g/mol. The molecule has 7 heteroatoms. The van der Waals surface area contributed by atoms with Gasteiger partial charge in [-0.1, -0.05) is 0 Å². The van der Waals surface area contributed by atoms with E-state index in [2.05, 4.69) is 0 Å². The van der Waals surface area contributed by atoms with Crippen LogP contribution in [0.1, 0.15) is 0 Å². The van der Waals surface area contributed by atoms with E-state index >= 15 is 0 Å². The quantitative estimate of drug-likeness (QED) is 0.735. The normalized spacial score (nSPS) is 31.9. The summed E-state index contributed by atoms with van der Waals surface area (Å²) < 4.78 is 27.4. The van der Waals surface area contributed by atoms with Crippen LogP contribution in [0.25, 0.3) is 0 Å². The van der Waals surface area contributed by atoms with E-state index in [1.165, 1.54) is 7.11 Å². The minimum atomic E-state index is -1.16. The van der Waals surface area contributed by atoms with Gasteiger partial charge in [-0.3, -0.25) is 0 Å². The molecule has 5 atom stereocenters. The Balaban J connectivity index is 2.16. The van der Waals surface area contributed by atoms with Gasteiger partial charge in [-0.05, 0) is 24.3 Å². The van der Waals surface area contributed by atoms with E-state index in [1.54, 1.807) is 38.5 Å². The van der Waals surface area contributed by atoms with Gasteiger partial charge >= 0.3 is 0 Å². The number of ether oxygens (including phenoxy) is 5. The first-order valence-corrected chi connectivity index (χ1v) is 7.01. The van der Waals surface area contributed by atoms with Gasteiger partial charge in [-0.15, -0.1) is 0 Å². The van der Waals surface area contributed by atoms with E-state index < -0.39 is 30.7 Å². The minimum absolute atomic E-state index is 0.282. The van der Waals surface area contributed by atoms with E-state index in [9.17, 15) is 5.11 Å². The number of hydrogen-bond donors (Lipinski definition) is 2. The Kier molecular flexibility index (Phi) is 5.98. The molecule has 0 spiro atoms. The fourth-order valence-electron chi connectivity index (χ4n) is 2.58. The molecular weight excluding hydrogens is 290 g/mol. The zero-order valence-corrected chi connectivity index (χ0v) is 13.0. The van der Waals surface area contributed by atoms with Crippen molar-refractivity contribution in [3.05, 3.63) is 24.3 Å². The molecule has 0 saturated carbocycles. The van der Waals surface area contributed by atoms with Crippen LogP contribution < -0.4 is 10.5 Å². The van der Waals surface area contributed by atoms with Gasteiger partial charge in [-0.25, -0.2) is 0 Å². The summed E-state index contributed by atoms with van der Waals surface area (Å²) in [6.45, 7) is 0.282. The van der Waals surface area contributed by atoms with Crippen molar-refractivity contribution in [3.63, 3.8) is 0 Å². The summed E-state index contributed by atoms with van der Waals surface area (Å²) in [6, 6.07) is 6.87. The molecule has 2 rings (SSSR count). The van der Waals surface area contributed by atoms with Crippen molar-refractivity contribution in [1.82, 2.24) is 0 Å². The number of rotatable bonds is 6. The van der Waals surface area contributed by atoms with Crippen molar-refractivity contribution >= 4 is 5.69 Å². The number of aliphatic hydroxyl groups excluding tert-OH is 1. The van der Waals surface area contributed by atoms with Crippen molar-refractivity contribution in [1.29, 1.82) is 0 Å². The Bertz CT molecular complexity index is 454. The number of nitrogen functional groups attached to an aromatic ring is 1. The number of anilines is 1. The van der Waals surface area contributed by atoms with Crippen LogP contribution in [0.5, 0.6) is 5.75 Å². The van der Waals surface area contributed by atoms with Gasteiger partial charge in [0, 0.05) is 27.0 Å². The maximum atomic E-state index is 10.2. The van der Waals surface area contributed by atoms with E-state index in [4.69, 9.17) is 29.4 Å². The molecule has 0 bridgehead atoms. The first-order chi connectivity index (χ1) is 10.6. The Morgan fingerprint density at radius 3 is 2.23 bits per heavy atom. The molecule has 0 aromatic heterocycles. The van der Waals surface area contributed by atoms with Crippen LogP contribution in [0.15, 0.2) is 24.3 Å². The van der Waals surface area contributed by atoms with Crippen LogP contribution in [0.2, 0.25) is 0 Å². The summed E-state index contributed by atoms with van der Waals surface area (Å²) in [7, 11) is 4.65. The van der Waals surface area contributed by atoms with E-state index in [1.807, 2.05) is 0 Å². The van der Waals surface area contributed by atoms with E-state index in [-0.39, 0.29) is 6.61 Å². The first-order valence-electron chi connectivity index (χ1n) is 7.01. The lowest BCUT2D eigenvalue weighted by Gasteiger charge is -2.43. The number of methoxy groups -OCH3 is 3. The minimum Gasteiger partial charge on any atom is -0.482 e. The number of aliphatic hydroxyl groups is 1. The van der Waals surface area contributed by atoms with Crippen LogP contribution in [0.3, 0.4) is 0 Å². The molecule has 1 saturated heterocycles. The van der Waals surface area contributed by atoms with Gasteiger partial charge in [0.1, 0.15) is 24.1 Å². The summed E-state index contributed by atoms with van der Waals surface area (Å²) in [5.74, 6) is 0.559. The predicted molar refractivity (Wildman–Crippen MR) is 79.6 cm³/mol. The topological polar surface area (TPSA) is 92.4 Å². The number of benzene rings is 1. The fraction of sp³-hybridized carbons (Fsp3) is 0.600. The molecule has 1 aliphatic heterocycles. The maximum Gasteiger partial charge on any atom is 0.195 e. The second kappa shape index (κ2) is 7.75. The Morgan fingerprint density at radius 2 is 1.68 bits per heavy atom. The van der Waals surface area contributed by atoms with Crippen molar-refractivity contribution in [3.8, 4) is 5.75 Å². The maximum absolute atomic E-state index is 10.2. The highest BCUT2D eigenvalue weighted by atomic mass is 16.7. The molecule has 1 aromatic rings. The third-order valence-corrected chi connectivity index (χ3v) is 3.64. The summed E-state index contributed by atoms with van der Waals surface area (Å²) in [6.07, 6.45) is -3.26. The molecule has 124 valence electrons. The van der Waals surface area contributed by atoms with Crippen molar-refractivity contribution in [2.24, 2.45) is 0 Å². The smallest absolute Gasteiger partial charge is 0.195 e. The van der Waals surface area contributed by atoms with Gasteiger partial charge < -0.3 is 34.5 Å². The van der Waals surface area contributed by atoms with Crippen LogP contribution >= 0.6 is 0 Å². The second-order valence-corrected chi connectivity index (χ2v) is 5.07. The molecule has 7 nitrogen and oxygen atoms in total. The largest absolute Gasteiger partial charge is 0.482 e. The number of nitrogens with two attached hydrogens (primary N) is 1. The summed E-state index contributed by atoms with van der Waals surface area (Å²) in [5.41, 5.74) is 6.28. The molecule has 1 aliphatic rings. The molecule has 1 heterocycles. The van der Waals surface area contributed by atoms with Gasteiger partial charge in [-0.2, -0.15) is 0 Å².